The summed E-state index contributed by atoms with van der Waals surface area (Å²) in [5.41, 5.74) is 1.08. The van der Waals surface area contributed by atoms with Crippen LogP contribution in [0.2, 0.25) is 0 Å². The number of nitrogens with zero attached hydrogens (tertiary/aromatic N) is 4. The summed E-state index contributed by atoms with van der Waals surface area (Å²) in [5, 5.41) is 9.73. The maximum atomic E-state index is 13.3. The molecule has 0 aliphatic carbocycles. The number of aliphatic hydroxyl groups excluding tert-OH is 1. The molecular formula is C23H36N4O3. The Morgan fingerprint density at radius 1 is 1.40 bits per heavy atom. The average Bonchev–Trinajstić information content (AvgIpc) is 2.70. The Morgan fingerprint density at radius 2 is 2.13 bits per heavy atom. The first-order valence-electron chi connectivity index (χ1n) is 10.7. The third-order valence-corrected chi connectivity index (χ3v) is 5.25. The third-order valence-electron chi connectivity index (χ3n) is 5.25. The molecule has 1 aliphatic rings. The number of ether oxygens (including phenoxy) is 1. The van der Waals surface area contributed by atoms with Gasteiger partial charge in [-0.15, -0.1) is 0 Å². The number of hydrogen-bond acceptors (Lipinski definition) is 6. The number of hydrogen-bond donors (Lipinski definition) is 1. The van der Waals surface area contributed by atoms with Crippen LogP contribution >= 0.6 is 0 Å². The molecule has 1 N–H and O–H groups in total. The van der Waals surface area contributed by atoms with Gasteiger partial charge >= 0.3 is 0 Å². The van der Waals surface area contributed by atoms with Crippen LogP contribution in [0.5, 0.6) is 5.88 Å². The van der Waals surface area contributed by atoms with E-state index in [9.17, 15) is 9.90 Å². The summed E-state index contributed by atoms with van der Waals surface area (Å²) in [6.07, 6.45) is 2.61. The van der Waals surface area contributed by atoms with Gasteiger partial charge in [-0.3, -0.25) is 9.69 Å². The molecule has 3 atom stereocenters. The number of carbonyl (C=O) groups excluding carboxylic acids is 1. The number of aliphatic hydroxyl groups is 1. The highest BCUT2D eigenvalue weighted by atomic mass is 16.5. The Balaban J connectivity index is 2.42. The minimum atomic E-state index is -0.289. The van der Waals surface area contributed by atoms with Crippen LogP contribution in [0.4, 0.5) is 0 Å². The van der Waals surface area contributed by atoms with Crippen LogP contribution in [0.1, 0.15) is 43.1 Å². The first-order valence-corrected chi connectivity index (χ1v) is 10.7. The monoisotopic (exact) mass is 416 g/mol. The number of carbonyl (C=O) groups is 1. The van der Waals surface area contributed by atoms with Crippen molar-refractivity contribution in [2.24, 2.45) is 5.92 Å². The molecule has 0 unspecified atom stereocenters. The SMILES string of the molecule is CCCN(C)C[C@H]1Oc2ncc(C#CCN(C)C)cc2C(=O)N([C@@H](C)CO)C[C@H]1C. The lowest BCUT2D eigenvalue weighted by Gasteiger charge is -2.37. The number of likely N-dealkylation sites (N-methyl/N-ethyl adjacent to an activating group) is 1. The van der Waals surface area contributed by atoms with E-state index in [1.807, 2.05) is 25.9 Å². The Hall–Kier alpha value is -2.14. The molecule has 1 amide bonds. The van der Waals surface area contributed by atoms with Gasteiger partial charge in [-0.25, -0.2) is 4.98 Å². The molecule has 1 aromatic heterocycles. The second kappa shape index (κ2) is 11.3. The second-order valence-electron chi connectivity index (χ2n) is 8.50. The van der Waals surface area contributed by atoms with Crippen molar-refractivity contribution in [3.8, 4) is 17.7 Å². The Kier molecular flexibility index (Phi) is 9.09. The summed E-state index contributed by atoms with van der Waals surface area (Å²) in [7, 11) is 5.99. The molecule has 2 rings (SSSR count). The molecule has 0 saturated carbocycles. The molecule has 0 radical (unpaired) electrons. The molecule has 166 valence electrons. The fourth-order valence-corrected chi connectivity index (χ4v) is 3.47. The molecule has 0 fully saturated rings. The Labute approximate surface area is 181 Å². The molecule has 0 saturated heterocycles. The topological polar surface area (TPSA) is 69.1 Å². The Bertz CT molecular complexity index is 771. The molecule has 0 aromatic carbocycles. The zero-order valence-corrected chi connectivity index (χ0v) is 19.2. The number of fused-ring (bicyclic) bond motifs is 1. The summed E-state index contributed by atoms with van der Waals surface area (Å²) in [6, 6.07) is 1.47. The summed E-state index contributed by atoms with van der Waals surface area (Å²) in [6.45, 7) is 8.86. The van der Waals surface area contributed by atoms with E-state index in [0.717, 1.165) is 19.5 Å². The van der Waals surface area contributed by atoms with E-state index in [2.05, 4.69) is 42.6 Å². The van der Waals surface area contributed by atoms with Crippen molar-refractivity contribution >= 4 is 5.91 Å². The van der Waals surface area contributed by atoms with Gasteiger partial charge in [-0.05, 0) is 47.1 Å². The van der Waals surface area contributed by atoms with Gasteiger partial charge in [-0.1, -0.05) is 25.7 Å². The molecule has 0 spiro atoms. The van der Waals surface area contributed by atoms with Gasteiger partial charge in [-0.2, -0.15) is 0 Å². The molecule has 30 heavy (non-hydrogen) atoms. The number of pyridine rings is 1. The van der Waals surface area contributed by atoms with Crippen LogP contribution in [-0.4, -0.2) is 96.8 Å². The molecule has 7 nitrogen and oxygen atoms in total. The molecule has 0 bridgehead atoms. The van der Waals surface area contributed by atoms with Gasteiger partial charge < -0.3 is 19.6 Å². The van der Waals surface area contributed by atoms with Crippen LogP contribution in [-0.2, 0) is 0 Å². The number of aromatic nitrogens is 1. The van der Waals surface area contributed by atoms with Gasteiger partial charge in [0.15, 0.2) is 0 Å². The highest BCUT2D eigenvalue weighted by Gasteiger charge is 2.34. The third kappa shape index (κ3) is 6.43. The average molecular weight is 417 g/mol. The zero-order chi connectivity index (χ0) is 22.3. The highest BCUT2D eigenvalue weighted by Crippen LogP contribution is 2.27. The molecule has 2 heterocycles. The second-order valence-corrected chi connectivity index (χ2v) is 8.50. The maximum Gasteiger partial charge on any atom is 0.259 e. The first kappa shape index (κ1) is 24.1. The quantitative estimate of drug-likeness (QED) is 0.681. The van der Waals surface area contributed by atoms with E-state index >= 15 is 0 Å². The van der Waals surface area contributed by atoms with Crippen LogP contribution in [0, 0.1) is 17.8 Å². The first-order chi connectivity index (χ1) is 14.3. The van der Waals surface area contributed by atoms with Gasteiger partial charge in [0.2, 0.25) is 5.88 Å². The molecule has 1 aromatic rings. The highest BCUT2D eigenvalue weighted by molar-refractivity contribution is 5.97. The lowest BCUT2D eigenvalue weighted by Crippen LogP contribution is -2.50. The van der Waals surface area contributed by atoms with Crippen molar-refractivity contribution in [2.45, 2.75) is 39.3 Å². The van der Waals surface area contributed by atoms with Crippen LogP contribution in [0.15, 0.2) is 12.3 Å². The summed E-state index contributed by atoms with van der Waals surface area (Å²) in [4.78, 5) is 23.7. The maximum absolute atomic E-state index is 13.3. The van der Waals surface area contributed by atoms with E-state index in [1.54, 1.807) is 17.2 Å². The van der Waals surface area contributed by atoms with E-state index in [0.29, 0.717) is 30.1 Å². The number of rotatable bonds is 7. The lowest BCUT2D eigenvalue weighted by molar-refractivity contribution is 0.0331. The van der Waals surface area contributed by atoms with Crippen LogP contribution in [0.25, 0.3) is 0 Å². The van der Waals surface area contributed by atoms with Gasteiger partial charge in [0.25, 0.3) is 5.91 Å². The predicted molar refractivity (Wildman–Crippen MR) is 119 cm³/mol. The molecule has 1 aliphatic heterocycles. The Morgan fingerprint density at radius 3 is 2.77 bits per heavy atom. The van der Waals surface area contributed by atoms with Crippen molar-refractivity contribution in [1.29, 1.82) is 0 Å². The zero-order valence-electron chi connectivity index (χ0n) is 19.2. The fraction of sp³-hybridized carbons (Fsp3) is 0.652. The fourth-order valence-electron chi connectivity index (χ4n) is 3.47. The largest absolute Gasteiger partial charge is 0.472 e. The predicted octanol–water partition coefficient (Wildman–Crippen LogP) is 1.56. The lowest BCUT2D eigenvalue weighted by atomic mass is 10.00. The van der Waals surface area contributed by atoms with Gasteiger partial charge in [0, 0.05) is 30.8 Å². The van der Waals surface area contributed by atoms with E-state index in [1.165, 1.54) is 0 Å². The van der Waals surface area contributed by atoms with Crippen molar-refractivity contribution in [3.05, 3.63) is 23.4 Å². The van der Waals surface area contributed by atoms with Crippen LogP contribution in [0.3, 0.4) is 0 Å². The van der Waals surface area contributed by atoms with Crippen molar-refractivity contribution in [3.63, 3.8) is 0 Å². The summed E-state index contributed by atoms with van der Waals surface area (Å²) < 4.78 is 6.28. The van der Waals surface area contributed by atoms with Crippen molar-refractivity contribution in [1.82, 2.24) is 19.7 Å². The summed E-state index contributed by atoms with van der Waals surface area (Å²) >= 11 is 0. The van der Waals surface area contributed by atoms with Gasteiger partial charge in [0.1, 0.15) is 11.7 Å². The normalized spacial score (nSPS) is 20.2. The van der Waals surface area contributed by atoms with Crippen molar-refractivity contribution in [2.75, 3.05) is 53.9 Å². The van der Waals surface area contributed by atoms with Gasteiger partial charge in [0.05, 0.1) is 19.2 Å². The molecular weight excluding hydrogens is 380 g/mol. The van der Waals surface area contributed by atoms with Crippen LogP contribution < -0.4 is 4.74 Å². The minimum absolute atomic E-state index is 0.0924. The summed E-state index contributed by atoms with van der Waals surface area (Å²) in [5.74, 6) is 6.41. The smallest absolute Gasteiger partial charge is 0.259 e. The molecule has 7 heteroatoms. The van der Waals surface area contributed by atoms with E-state index < -0.39 is 0 Å². The standard InChI is InChI=1S/C23H36N4O3/c1-7-10-26(6)15-21-17(2)14-27(18(3)16-28)23(29)20-12-19(9-8-11-25(4)5)13-24-22(20)30-21/h12-13,17-18,21,28H,7,10-11,14-16H2,1-6H3/t17-,18+,21-/m1/s1. The minimum Gasteiger partial charge on any atom is -0.472 e. The van der Waals surface area contributed by atoms with Crippen molar-refractivity contribution < 1.29 is 14.6 Å². The van der Waals surface area contributed by atoms with E-state index in [4.69, 9.17) is 4.74 Å². The van der Waals surface area contributed by atoms with E-state index in [-0.39, 0.29) is 30.6 Å². The number of amides is 1.